The molecule has 0 radical (unpaired) electrons. The van der Waals surface area contributed by atoms with Gasteiger partial charge in [-0.1, -0.05) is 25.1 Å². The second-order valence-electron chi connectivity index (χ2n) is 4.84. The molecule has 0 bridgehead atoms. The van der Waals surface area contributed by atoms with Gasteiger partial charge in [0.1, 0.15) is 12.4 Å². The van der Waals surface area contributed by atoms with Gasteiger partial charge in [0.2, 0.25) is 0 Å². The SMILES string of the molecule is CCNCC(COC)N1CCOc2ccccc2C1. The van der Waals surface area contributed by atoms with E-state index in [1.165, 1.54) is 5.56 Å². The van der Waals surface area contributed by atoms with Crippen LogP contribution in [0.4, 0.5) is 0 Å². The monoisotopic (exact) mass is 264 g/mol. The number of hydrogen-bond acceptors (Lipinski definition) is 4. The lowest BCUT2D eigenvalue weighted by Crippen LogP contribution is -2.45. The van der Waals surface area contributed by atoms with Gasteiger partial charge in [0.15, 0.2) is 0 Å². The molecule has 0 fully saturated rings. The van der Waals surface area contributed by atoms with Crippen molar-refractivity contribution in [2.24, 2.45) is 0 Å². The van der Waals surface area contributed by atoms with Gasteiger partial charge < -0.3 is 14.8 Å². The molecular weight excluding hydrogens is 240 g/mol. The summed E-state index contributed by atoms with van der Waals surface area (Å²) in [7, 11) is 1.77. The number of methoxy groups -OCH3 is 1. The van der Waals surface area contributed by atoms with E-state index in [1.54, 1.807) is 7.11 Å². The van der Waals surface area contributed by atoms with Crippen LogP contribution in [0.3, 0.4) is 0 Å². The van der Waals surface area contributed by atoms with Gasteiger partial charge in [0.25, 0.3) is 0 Å². The number of fused-ring (bicyclic) bond motifs is 1. The first-order valence-corrected chi connectivity index (χ1v) is 6.99. The van der Waals surface area contributed by atoms with Crippen LogP contribution in [0, 0.1) is 0 Å². The number of para-hydroxylation sites is 1. The average Bonchev–Trinajstić information content (AvgIpc) is 2.65. The lowest BCUT2D eigenvalue weighted by Gasteiger charge is -2.29. The van der Waals surface area contributed by atoms with Crippen molar-refractivity contribution < 1.29 is 9.47 Å². The predicted octanol–water partition coefficient (Wildman–Crippen LogP) is 1.51. The second kappa shape index (κ2) is 7.48. The molecule has 1 atom stereocenters. The van der Waals surface area contributed by atoms with E-state index in [4.69, 9.17) is 9.47 Å². The highest BCUT2D eigenvalue weighted by molar-refractivity contribution is 5.33. The van der Waals surface area contributed by atoms with E-state index < -0.39 is 0 Å². The number of nitrogens with zero attached hydrogens (tertiary/aromatic N) is 1. The predicted molar refractivity (Wildman–Crippen MR) is 76.6 cm³/mol. The molecule has 106 valence electrons. The number of hydrogen-bond donors (Lipinski definition) is 1. The fourth-order valence-electron chi connectivity index (χ4n) is 2.45. The summed E-state index contributed by atoms with van der Waals surface area (Å²) in [5.74, 6) is 1.02. The lowest BCUT2D eigenvalue weighted by molar-refractivity contribution is 0.0805. The van der Waals surface area contributed by atoms with E-state index in [2.05, 4.69) is 35.3 Å². The Kier molecular flexibility index (Phi) is 5.63. The molecule has 0 aliphatic carbocycles. The Bertz CT molecular complexity index is 384. The minimum Gasteiger partial charge on any atom is -0.492 e. The van der Waals surface area contributed by atoms with Crippen molar-refractivity contribution in [1.82, 2.24) is 10.2 Å². The molecule has 4 nitrogen and oxygen atoms in total. The molecule has 0 amide bonds. The molecule has 1 unspecified atom stereocenters. The van der Waals surface area contributed by atoms with E-state index >= 15 is 0 Å². The first-order valence-electron chi connectivity index (χ1n) is 6.99. The van der Waals surface area contributed by atoms with Crippen molar-refractivity contribution in [2.75, 3.05) is 40.0 Å². The molecule has 0 saturated heterocycles. The smallest absolute Gasteiger partial charge is 0.123 e. The van der Waals surface area contributed by atoms with Crippen molar-refractivity contribution in [3.05, 3.63) is 29.8 Å². The van der Waals surface area contributed by atoms with Gasteiger partial charge in [-0.15, -0.1) is 0 Å². The van der Waals surface area contributed by atoms with E-state index in [0.29, 0.717) is 6.04 Å². The summed E-state index contributed by atoms with van der Waals surface area (Å²) in [6.07, 6.45) is 0. The van der Waals surface area contributed by atoms with Crippen molar-refractivity contribution in [1.29, 1.82) is 0 Å². The van der Waals surface area contributed by atoms with Crippen molar-refractivity contribution in [3.63, 3.8) is 0 Å². The van der Waals surface area contributed by atoms with E-state index in [-0.39, 0.29) is 0 Å². The van der Waals surface area contributed by atoms with Gasteiger partial charge in [0.05, 0.1) is 6.61 Å². The molecular formula is C15H24N2O2. The van der Waals surface area contributed by atoms with Crippen LogP contribution in [0.1, 0.15) is 12.5 Å². The molecule has 1 aromatic carbocycles. The summed E-state index contributed by atoms with van der Waals surface area (Å²) in [6.45, 7) is 7.42. The third-order valence-corrected chi connectivity index (χ3v) is 3.49. The number of likely N-dealkylation sites (N-methyl/N-ethyl adjacent to an activating group) is 1. The van der Waals surface area contributed by atoms with Crippen LogP contribution in [0.25, 0.3) is 0 Å². The molecule has 4 heteroatoms. The Balaban J connectivity index is 2.06. The Labute approximate surface area is 115 Å². The fourth-order valence-corrected chi connectivity index (χ4v) is 2.45. The van der Waals surface area contributed by atoms with Crippen LogP contribution >= 0.6 is 0 Å². The highest BCUT2D eigenvalue weighted by Gasteiger charge is 2.22. The average molecular weight is 264 g/mol. The molecule has 0 spiro atoms. The Morgan fingerprint density at radius 2 is 2.26 bits per heavy atom. The topological polar surface area (TPSA) is 33.7 Å². The number of ether oxygens (including phenoxy) is 2. The largest absolute Gasteiger partial charge is 0.492 e. The molecule has 19 heavy (non-hydrogen) atoms. The van der Waals surface area contributed by atoms with Crippen molar-refractivity contribution in [2.45, 2.75) is 19.5 Å². The van der Waals surface area contributed by atoms with E-state index in [0.717, 1.165) is 45.1 Å². The van der Waals surface area contributed by atoms with Crippen LogP contribution in [-0.4, -0.2) is 50.9 Å². The zero-order chi connectivity index (χ0) is 13.5. The van der Waals surface area contributed by atoms with Crippen LogP contribution in [0.2, 0.25) is 0 Å². The summed E-state index contributed by atoms with van der Waals surface area (Å²) in [5.41, 5.74) is 1.26. The maximum Gasteiger partial charge on any atom is 0.123 e. The van der Waals surface area contributed by atoms with Crippen LogP contribution in [0.15, 0.2) is 24.3 Å². The highest BCUT2D eigenvalue weighted by Crippen LogP contribution is 2.23. The first-order chi connectivity index (χ1) is 9.35. The lowest BCUT2D eigenvalue weighted by atomic mass is 10.1. The van der Waals surface area contributed by atoms with Gasteiger partial charge in [0, 0.05) is 38.3 Å². The summed E-state index contributed by atoms with van der Waals surface area (Å²) in [5, 5.41) is 3.41. The molecule has 1 aromatic rings. The summed E-state index contributed by atoms with van der Waals surface area (Å²) in [4.78, 5) is 2.44. The van der Waals surface area contributed by atoms with Crippen LogP contribution in [0.5, 0.6) is 5.75 Å². The zero-order valence-corrected chi connectivity index (χ0v) is 11.9. The standard InChI is InChI=1S/C15H24N2O2/c1-3-16-10-14(12-18-2)17-8-9-19-15-7-5-4-6-13(15)11-17/h4-7,14,16H,3,8-12H2,1-2H3. The molecule has 1 heterocycles. The Morgan fingerprint density at radius 3 is 3.05 bits per heavy atom. The Hall–Kier alpha value is -1.10. The highest BCUT2D eigenvalue weighted by atomic mass is 16.5. The van der Waals surface area contributed by atoms with Crippen LogP contribution < -0.4 is 10.1 Å². The maximum atomic E-state index is 5.81. The molecule has 1 aliphatic heterocycles. The van der Waals surface area contributed by atoms with E-state index in [9.17, 15) is 0 Å². The molecule has 0 aromatic heterocycles. The van der Waals surface area contributed by atoms with Gasteiger partial charge in [-0.3, -0.25) is 4.90 Å². The van der Waals surface area contributed by atoms with Gasteiger partial charge in [-0.05, 0) is 12.6 Å². The number of nitrogens with one attached hydrogen (secondary N) is 1. The Morgan fingerprint density at radius 1 is 1.42 bits per heavy atom. The normalized spacial score (nSPS) is 17.4. The number of benzene rings is 1. The third-order valence-electron chi connectivity index (χ3n) is 3.49. The summed E-state index contributed by atoms with van der Waals surface area (Å²) in [6, 6.07) is 8.68. The quantitative estimate of drug-likeness (QED) is 0.844. The van der Waals surface area contributed by atoms with Gasteiger partial charge in [-0.25, -0.2) is 0 Å². The molecule has 0 saturated carbocycles. The molecule has 1 N–H and O–H groups in total. The molecule has 1 aliphatic rings. The van der Waals surface area contributed by atoms with E-state index in [1.807, 2.05) is 6.07 Å². The minimum atomic E-state index is 0.389. The number of rotatable bonds is 6. The summed E-state index contributed by atoms with van der Waals surface area (Å²) >= 11 is 0. The van der Waals surface area contributed by atoms with Gasteiger partial charge in [-0.2, -0.15) is 0 Å². The van der Waals surface area contributed by atoms with Crippen molar-refractivity contribution in [3.8, 4) is 5.75 Å². The zero-order valence-electron chi connectivity index (χ0n) is 11.9. The fraction of sp³-hybridized carbons (Fsp3) is 0.600. The maximum absolute atomic E-state index is 5.81. The first kappa shape index (κ1) is 14.3. The summed E-state index contributed by atoms with van der Waals surface area (Å²) < 4.78 is 11.2. The van der Waals surface area contributed by atoms with Crippen molar-refractivity contribution >= 4 is 0 Å². The molecule has 2 rings (SSSR count). The van der Waals surface area contributed by atoms with Gasteiger partial charge >= 0.3 is 0 Å². The third kappa shape index (κ3) is 3.93. The van der Waals surface area contributed by atoms with Crippen LogP contribution in [-0.2, 0) is 11.3 Å². The second-order valence-corrected chi connectivity index (χ2v) is 4.84. The minimum absolute atomic E-state index is 0.389.